The number of rotatable bonds is 4. The van der Waals surface area contributed by atoms with Crippen molar-refractivity contribution in [3.05, 3.63) is 0 Å². The fraction of sp³-hybridized carbons (Fsp3) is 0.800. The Kier molecular flexibility index (Phi) is 5.15. The number of hydrogen-bond acceptors (Lipinski definition) is 6. The summed E-state index contributed by atoms with van der Waals surface area (Å²) in [7, 11) is 1.38. The maximum Gasteiger partial charge on any atom is 0.138 e. The van der Waals surface area contributed by atoms with Crippen LogP contribution in [-0.2, 0) is 9.47 Å². The lowest BCUT2D eigenvalue weighted by Gasteiger charge is -2.41. The minimum Gasteiger partial charge on any atom is -0.394 e. The second kappa shape index (κ2) is 6.15. The molecule has 1 heterocycles. The van der Waals surface area contributed by atoms with Crippen LogP contribution in [0.1, 0.15) is 0 Å². The summed E-state index contributed by atoms with van der Waals surface area (Å²) in [5.41, 5.74) is 0. The number of terminal acetylenes is 1. The zero-order valence-electron chi connectivity index (χ0n) is 9.04. The fourth-order valence-electron chi connectivity index (χ4n) is 1.71. The predicted molar refractivity (Wildman–Crippen MR) is 55.4 cm³/mol. The number of nitrogens with one attached hydrogen (secondary N) is 1. The van der Waals surface area contributed by atoms with Crippen LogP contribution in [0.5, 0.6) is 0 Å². The van der Waals surface area contributed by atoms with Gasteiger partial charge in [0.2, 0.25) is 0 Å². The van der Waals surface area contributed by atoms with E-state index in [1.54, 1.807) is 0 Å². The van der Waals surface area contributed by atoms with Crippen LogP contribution in [0.3, 0.4) is 0 Å². The normalized spacial score (nSPS) is 39.3. The van der Waals surface area contributed by atoms with Crippen molar-refractivity contribution in [3.63, 3.8) is 0 Å². The Hall–Kier alpha value is -0.680. The standard InChI is InChI=1S/C10H17NO5/c1-3-4-11-10-8(14)7(13)9(15-2)6(5-12)16-10/h1,6-14H,4-5H2,2H3/t6-,7?,8?,9+,10+/m0/s1. The SMILES string of the molecule is C#CCN[C@@H]1O[C@@H](CO)[C@@H](OC)C(O)C1O. The Morgan fingerprint density at radius 2 is 2.12 bits per heavy atom. The van der Waals surface area contributed by atoms with Gasteiger partial charge in [-0.1, -0.05) is 5.92 Å². The van der Waals surface area contributed by atoms with Gasteiger partial charge in [-0.3, -0.25) is 5.32 Å². The van der Waals surface area contributed by atoms with Gasteiger partial charge in [0.1, 0.15) is 30.6 Å². The fourth-order valence-corrected chi connectivity index (χ4v) is 1.71. The van der Waals surface area contributed by atoms with Crippen LogP contribution in [0.4, 0.5) is 0 Å². The topological polar surface area (TPSA) is 91.2 Å². The van der Waals surface area contributed by atoms with Crippen LogP contribution in [0, 0.1) is 12.3 Å². The molecule has 1 saturated heterocycles. The maximum atomic E-state index is 9.75. The largest absolute Gasteiger partial charge is 0.394 e. The van der Waals surface area contributed by atoms with E-state index < -0.39 is 30.6 Å². The molecule has 1 rings (SSSR count). The second-order valence-corrected chi connectivity index (χ2v) is 3.54. The van der Waals surface area contributed by atoms with Crippen molar-refractivity contribution in [2.24, 2.45) is 0 Å². The van der Waals surface area contributed by atoms with Crippen LogP contribution in [0.15, 0.2) is 0 Å². The quantitative estimate of drug-likeness (QED) is 0.405. The molecule has 0 radical (unpaired) electrons. The molecule has 2 unspecified atom stereocenters. The lowest BCUT2D eigenvalue weighted by atomic mass is 9.98. The number of aliphatic hydroxyl groups is 3. The Bertz CT molecular complexity index is 252. The first-order valence-corrected chi connectivity index (χ1v) is 4.97. The molecule has 92 valence electrons. The van der Waals surface area contributed by atoms with Gasteiger partial charge in [0.15, 0.2) is 0 Å². The van der Waals surface area contributed by atoms with E-state index in [-0.39, 0.29) is 13.2 Å². The first kappa shape index (κ1) is 13.4. The first-order chi connectivity index (χ1) is 7.65. The number of aliphatic hydroxyl groups excluding tert-OH is 3. The number of methoxy groups -OCH3 is 1. The summed E-state index contributed by atoms with van der Waals surface area (Å²) >= 11 is 0. The summed E-state index contributed by atoms with van der Waals surface area (Å²) < 4.78 is 10.3. The molecule has 5 atom stereocenters. The van der Waals surface area contributed by atoms with Crippen molar-refractivity contribution in [2.75, 3.05) is 20.3 Å². The summed E-state index contributed by atoms with van der Waals surface area (Å²) in [5, 5.41) is 31.3. The van der Waals surface area contributed by atoms with Crippen molar-refractivity contribution in [1.82, 2.24) is 5.32 Å². The van der Waals surface area contributed by atoms with Crippen LogP contribution in [0.25, 0.3) is 0 Å². The van der Waals surface area contributed by atoms with Crippen LogP contribution in [0.2, 0.25) is 0 Å². The third-order valence-corrected chi connectivity index (χ3v) is 2.54. The highest BCUT2D eigenvalue weighted by Crippen LogP contribution is 2.21. The maximum absolute atomic E-state index is 9.75. The molecule has 4 N–H and O–H groups in total. The molecular weight excluding hydrogens is 214 g/mol. The molecule has 0 aromatic rings. The first-order valence-electron chi connectivity index (χ1n) is 4.97. The zero-order chi connectivity index (χ0) is 12.1. The monoisotopic (exact) mass is 231 g/mol. The van der Waals surface area contributed by atoms with Gasteiger partial charge in [0.05, 0.1) is 13.2 Å². The Morgan fingerprint density at radius 1 is 1.44 bits per heavy atom. The van der Waals surface area contributed by atoms with E-state index >= 15 is 0 Å². The van der Waals surface area contributed by atoms with Gasteiger partial charge in [0, 0.05) is 7.11 Å². The van der Waals surface area contributed by atoms with E-state index in [2.05, 4.69) is 11.2 Å². The highest BCUT2D eigenvalue weighted by Gasteiger charge is 2.44. The summed E-state index contributed by atoms with van der Waals surface area (Å²) in [6, 6.07) is 0. The van der Waals surface area contributed by atoms with E-state index in [1.807, 2.05) is 0 Å². The van der Waals surface area contributed by atoms with Gasteiger partial charge in [-0.05, 0) is 0 Å². The van der Waals surface area contributed by atoms with Crippen molar-refractivity contribution < 1.29 is 24.8 Å². The van der Waals surface area contributed by atoms with Gasteiger partial charge >= 0.3 is 0 Å². The van der Waals surface area contributed by atoms with Gasteiger partial charge in [-0.25, -0.2) is 0 Å². The van der Waals surface area contributed by atoms with Crippen LogP contribution < -0.4 is 5.32 Å². The molecule has 1 fully saturated rings. The summed E-state index contributed by atoms with van der Waals surface area (Å²) in [5.74, 6) is 2.33. The van der Waals surface area contributed by atoms with Crippen molar-refractivity contribution in [1.29, 1.82) is 0 Å². The molecule has 0 saturated carbocycles. The molecule has 16 heavy (non-hydrogen) atoms. The molecule has 0 spiro atoms. The predicted octanol–water partition coefficient (Wildman–Crippen LogP) is -2.34. The number of ether oxygens (including phenoxy) is 2. The molecule has 0 aromatic carbocycles. The van der Waals surface area contributed by atoms with E-state index in [9.17, 15) is 10.2 Å². The third kappa shape index (κ3) is 2.71. The molecule has 0 aliphatic carbocycles. The molecule has 0 amide bonds. The van der Waals surface area contributed by atoms with Gasteiger partial charge < -0.3 is 24.8 Å². The number of hydrogen-bond donors (Lipinski definition) is 4. The second-order valence-electron chi connectivity index (χ2n) is 3.54. The van der Waals surface area contributed by atoms with E-state index in [1.165, 1.54) is 7.11 Å². The molecule has 6 nitrogen and oxygen atoms in total. The van der Waals surface area contributed by atoms with Crippen LogP contribution >= 0.6 is 0 Å². The molecule has 0 bridgehead atoms. The van der Waals surface area contributed by atoms with Gasteiger partial charge in [-0.2, -0.15) is 0 Å². The van der Waals surface area contributed by atoms with Gasteiger partial charge in [0.25, 0.3) is 0 Å². The Balaban J connectivity index is 2.67. The van der Waals surface area contributed by atoms with Crippen molar-refractivity contribution in [2.45, 2.75) is 30.6 Å². The Morgan fingerprint density at radius 3 is 2.62 bits per heavy atom. The van der Waals surface area contributed by atoms with E-state index in [0.29, 0.717) is 0 Å². The van der Waals surface area contributed by atoms with E-state index in [4.69, 9.17) is 21.0 Å². The lowest BCUT2D eigenvalue weighted by Crippen LogP contribution is -2.62. The smallest absolute Gasteiger partial charge is 0.138 e. The van der Waals surface area contributed by atoms with Crippen molar-refractivity contribution in [3.8, 4) is 12.3 Å². The van der Waals surface area contributed by atoms with Gasteiger partial charge in [-0.15, -0.1) is 6.42 Å². The average molecular weight is 231 g/mol. The highest BCUT2D eigenvalue weighted by molar-refractivity contribution is 4.94. The zero-order valence-corrected chi connectivity index (χ0v) is 9.04. The minimum absolute atomic E-state index is 0.199. The summed E-state index contributed by atoms with van der Waals surface area (Å²) in [4.78, 5) is 0. The van der Waals surface area contributed by atoms with Crippen molar-refractivity contribution >= 4 is 0 Å². The third-order valence-electron chi connectivity index (χ3n) is 2.54. The molecule has 0 aromatic heterocycles. The minimum atomic E-state index is -1.15. The van der Waals surface area contributed by atoms with Crippen LogP contribution in [-0.4, -0.2) is 66.2 Å². The molecule has 6 heteroatoms. The lowest BCUT2D eigenvalue weighted by molar-refractivity contribution is -0.242. The molecule has 1 aliphatic rings. The van der Waals surface area contributed by atoms with E-state index in [0.717, 1.165) is 0 Å². The molecular formula is C10H17NO5. The Labute approximate surface area is 94.2 Å². The summed E-state index contributed by atoms with van der Waals surface area (Å²) in [6.45, 7) is -0.110. The molecule has 1 aliphatic heterocycles. The summed E-state index contributed by atoms with van der Waals surface area (Å²) in [6.07, 6.45) is 0.509. The highest BCUT2D eigenvalue weighted by atomic mass is 16.6. The average Bonchev–Trinajstić information content (AvgIpc) is 2.30.